The molecule has 0 fully saturated rings. The first-order valence-electron chi connectivity index (χ1n) is 6.66. The number of hydrogen-bond donors (Lipinski definition) is 0. The van der Waals surface area contributed by atoms with Crippen molar-refractivity contribution >= 4 is 11.0 Å². The lowest BCUT2D eigenvalue weighted by molar-refractivity contribution is 0.781. The number of nitrogens with zero attached hydrogens (tertiary/aromatic N) is 2. The van der Waals surface area contributed by atoms with Crippen LogP contribution in [-0.4, -0.2) is 9.55 Å². The van der Waals surface area contributed by atoms with E-state index >= 15 is 0 Å². The first kappa shape index (κ1) is 12.6. The van der Waals surface area contributed by atoms with Gasteiger partial charge in [-0.2, -0.15) is 0 Å². The molecule has 20 heavy (non-hydrogen) atoms. The number of rotatable bonds is 2. The van der Waals surface area contributed by atoms with Gasteiger partial charge in [-0.15, -0.1) is 0 Å². The average molecular weight is 264 g/mol. The van der Waals surface area contributed by atoms with Crippen molar-refractivity contribution < 1.29 is 0 Å². The topological polar surface area (TPSA) is 34.9 Å². The van der Waals surface area contributed by atoms with Crippen LogP contribution in [0.5, 0.6) is 0 Å². The maximum atomic E-state index is 12.1. The van der Waals surface area contributed by atoms with E-state index in [9.17, 15) is 4.79 Å². The number of fused-ring (bicyclic) bond motifs is 1. The number of aromatic nitrogens is 2. The molecule has 0 bridgehead atoms. The van der Waals surface area contributed by atoms with Gasteiger partial charge in [-0.25, -0.2) is 4.98 Å². The summed E-state index contributed by atoms with van der Waals surface area (Å²) >= 11 is 0. The Morgan fingerprint density at radius 3 is 2.75 bits per heavy atom. The minimum absolute atomic E-state index is 0.0652. The van der Waals surface area contributed by atoms with Crippen molar-refractivity contribution in [3.05, 3.63) is 75.7 Å². The zero-order valence-corrected chi connectivity index (χ0v) is 11.6. The molecule has 0 aliphatic carbocycles. The predicted molar refractivity (Wildman–Crippen MR) is 81.0 cm³/mol. The van der Waals surface area contributed by atoms with Gasteiger partial charge >= 0.3 is 0 Å². The summed E-state index contributed by atoms with van der Waals surface area (Å²) in [5.74, 6) is 0. The number of benzene rings is 2. The van der Waals surface area contributed by atoms with Crippen molar-refractivity contribution in [1.29, 1.82) is 0 Å². The number of hydrogen-bond acceptors (Lipinski definition) is 2. The van der Waals surface area contributed by atoms with Gasteiger partial charge in [-0.05, 0) is 37.1 Å². The van der Waals surface area contributed by atoms with Crippen LogP contribution in [0.4, 0.5) is 0 Å². The molecule has 0 spiro atoms. The predicted octanol–water partition coefficient (Wildman–Crippen LogP) is 3.06. The van der Waals surface area contributed by atoms with Crippen molar-refractivity contribution in [2.24, 2.45) is 0 Å². The molecule has 1 aromatic heterocycles. The van der Waals surface area contributed by atoms with Crippen molar-refractivity contribution in [1.82, 2.24) is 9.55 Å². The van der Waals surface area contributed by atoms with Crippen LogP contribution in [0.25, 0.3) is 11.0 Å². The van der Waals surface area contributed by atoms with Gasteiger partial charge in [0.05, 0.1) is 23.8 Å². The molecular weight excluding hydrogens is 248 g/mol. The highest BCUT2D eigenvalue weighted by Gasteiger charge is 2.06. The standard InChI is InChI=1S/C17H16N2O/c1-12-7-8-13(2)14(9-12)11-19-16-6-4-3-5-15(16)18-10-17(19)20/h3-10H,11H2,1-2H3. The third-order valence-corrected chi connectivity index (χ3v) is 3.59. The van der Waals surface area contributed by atoms with E-state index in [1.807, 2.05) is 24.3 Å². The van der Waals surface area contributed by atoms with E-state index < -0.39 is 0 Å². The molecule has 1 heterocycles. The van der Waals surface area contributed by atoms with Gasteiger partial charge in [0.15, 0.2) is 0 Å². The maximum Gasteiger partial charge on any atom is 0.269 e. The largest absolute Gasteiger partial charge is 0.301 e. The van der Waals surface area contributed by atoms with Gasteiger partial charge < -0.3 is 4.57 Å². The van der Waals surface area contributed by atoms with E-state index in [4.69, 9.17) is 0 Å². The Morgan fingerprint density at radius 1 is 1.10 bits per heavy atom. The average Bonchev–Trinajstić information content (AvgIpc) is 2.46. The van der Waals surface area contributed by atoms with Crippen LogP contribution in [0.15, 0.2) is 53.5 Å². The highest BCUT2D eigenvalue weighted by molar-refractivity contribution is 5.74. The van der Waals surface area contributed by atoms with Crippen LogP contribution in [-0.2, 0) is 6.54 Å². The molecule has 0 saturated heterocycles. The van der Waals surface area contributed by atoms with Gasteiger partial charge in [0, 0.05) is 0 Å². The van der Waals surface area contributed by atoms with Crippen molar-refractivity contribution in [2.45, 2.75) is 20.4 Å². The van der Waals surface area contributed by atoms with Gasteiger partial charge in [0.2, 0.25) is 0 Å². The monoisotopic (exact) mass is 264 g/mol. The summed E-state index contributed by atoms with van der Waals surface area (Å²) in [5.41, 5.74) is 5.23. The van der Waals surface area contributed by atoms with Crippen molar-refractivity contribution in [2.75, 3.05) is 0 Å². The Morgan fingerprint density at radius 2 is 1.90 bits per heavy atom. The molecule has 0 aliphatic heterocycles. The zero-order valence-electron chi connectivity index (χ0n) is 11.6. The van der Waals surface area contributed by atoms with Crippen LogP contribution in [0.1, 0.15) is 16.7 Å². The molecule has 0 atom stereocenters. The summed E-state index contributed by atoms with van der Waals surface area (Å²) < 4.78 is 1.78. The Labute approximate surface area is 117 Å². The maximum absolute atomic E-state index is 12.1. The van der Waals surface area contributed by atoms with Gasteiger partial charge in [-0.1, -0.05) is 35.9 Å². The van der Waals surface area contributed by atoms with E-state index in [0.717, 1.165) is 11.0 Å². The molecule has 3 nitrogen and oxygen atoms in total. The molecule has 0 aliphatic rings. The molecule has 3 heteroatoms. The van der Waals surface area contributed by atoms with Crippen LogP contribution < -0.4 is 5.56 Å². The number of aryl methyl sites for hydroxylation is 2. The van der Waals surface area contributed by atoms with Crippen LogP contribution in [0, 0.1) is 13.8 Å². The van der Waals surface area contributed by atoms with Crippen molar-refractivity contribution in [3.63, 3.8) is 0 Å². The molecular formula is C17H16N2O. The molecule has 0 unspecified atom stereocenters. The minimum atomic E-state index is -0.0652. The Kier molecular flexibility index (Phi) is 3.11. The highest BCUT2D eigenvalue weighted by Crippen LogP contribution is 2.15. The SMILES string of the molecule is Cc1ccc(C)c(Cn2c(=O)cnc3ccccc32)c1. The van der Waals surface area contributed by atoms with E-state index in [2.05, 4.69) is 37.0 Å². The van der Waals surface area contributed by atoms with E-state index in [1.54, 1.807) is 4.57 Å². The van der Waals surface area contributed by atoms with Crippen LogP contribution in [0.2, 0.25) is 0 Å². The Bertz CT molecular complexity index is 834. The third-order valence-electron chi connectivity index (χ3n) is 3.59. The fraction of sp³-hybridized carbons (Fsp3) is 0.176. The van der Waals surface area contributed by atoms with Gasteiger partial charge in [-0.3, -0.25) is 4.79 Å². The molecule has 2 aromatic carbocycles. The Hall–Kier alpha value is -2.42. The third kappa shape index (κ3) is 2.23. The lowest BCUT2D eigenvalue weighted by Gasteiger charge is -2.12. The first-order chi connectivity index (χ1) is 9.65. The lowest BCUT2D eigenvalue weighted by atomic mass is 10.1. The van der Waals surface area contributed by atoms with E-state index in [0.29, 0.717) is 6.54 Å². The van der Waals surface area contributed by atoms with Crippen LogP contribution >= 0.6 is 0 Å². The van der Waals surface area contributed by atoms with E-state index in [-0.39, 0.29) is 5.56 Å². The van der Waals surface area contributed by atoms with Gasteiger partial charge in [0.25, 0.3) is 5.56 Å². The first-order valence-corrected chi connectivity index (χ1v) is 6.66. The molecule has 0 amide bonds. The zero-order chi connectivity index (χ0) is 14.1. The molecule has 3 rings (SSSR count). The second-order valence-corrected chi connectivity index (χ2v) is 5.10. The normalized spacial score (nSPS) is 10.9. The van der Waals surface area contributed by atoms with Crippen LogP contribution in [0.3, 0.4) is 0 Å². The van der Waals surface area contributed by atoms with Gasteiger partial charge in [0.1, 0.15) is 0 Å². The Balaban J connectivity index is 2.17. The highest BCUT2D eigenvalue weighted by atomic mass is 16.1. The summed E-state index contributed by atoms with van der Waals surface area (Å²) in [4.78, 5) is 16.3. The van der Waals surface area contributed by atoms with Crippen molar-refractivity contribution in [3.8, 4) is 0 Å². The molecule has 0 radical (unpaired) electrons. The molecule has 0 saturated carbocycles. The quantitative estimate of drug-likeness (QED) is 0.713. The molecule has 0 N–H and O–H groups in total. The smallest absolute Gasteiger partial charge is 0.269 e. The fourth-order valence-electron chi connectivity index (χ4n) is 2.42. The molecule has 100 valence electrons. The summed E-state index contributed by atoms with van der Waals surface area (Å²) in [7, 11) is 0. The summed E-state index contributed by atoms with van der Waals surface area (Å²) in [6.07, 6.45) is 1.40. The summed E-state index contributed by atoms with van der Waals surface area (Å²) in [6.45, 7) is 4.72. The summed E-state index contributed by atoms with van der Waals surface area (Å²) in [5, 5.41) is 0. The second-order valence-electron chi connectivity index (χ2n) is 5.10. The molecule has 3 aromatic rings. The summed E-state index contributed by atoms with van der Waals surface area (Å²) in [6, 6.07) is 14.1. The fourth-order valence-corrected chi connectivity index (χ4v) is 2.42. The number of para-hydroxylation sites is 2. The second kappa shape index (κ2) is 4.93. The minimum Gasteiger partial charge on any atom is -0.301 e. The van der Waals surface area contributed by atoms with E-state index in [1.165, 1.54) is 22.9 Å². The lowest BCUT2D eigenvalue weighted by Crippen LogP contribution is -2.21.